The fourth-order valence-corrected chi connectivity index (χ4v) is 4.38. The van der Waals surface area contributed by atoms with Crippen molar-refractivity contribution >= 4 is 33.1 Å². The van der Waals surface area contributed by atoms with E-state index in [4.69, 9.17) is 0 Å². The largest absolute Gasteiger partial charge is 0.361 e. The number of amides is 1. The van der Waals surface area contributed by atoms with Crippen molar-refractivity contribution in [1.29, 1.82) is 0 Å². The number of carbonyl (C=O) groups is 1. The summed E-state index contributed by atoms with van der Waals surface area (Å²) in [5, 5.41) is 8.58. The molecule has 0 radical (unpaired) electrons. The molecule has 1 aliphatic rings. The lowest BCUT2D eigenvalue weighted by Crippen LogP contribution is -2.22. The van der Waals surface area contributed by atoms with Crippen molar-refractivity contribution in [2.24, 2.45) is 0 Å². The number of aromatic nitrogens is 1. The van der Waals surface area contributed by atoms with E-state index in [1.165, 1.54) is 27.0 Å². The molecule has 1 aliphatic heterocycles. The Kier molecular flexibility index (Phi) is 3.24. The van der Waals surface area contributed by atoms with Crippen LogP contribution in [0.1, 0.15) is 17.4 Å². The van der Waals surface area contributed by atoms with E-state index in [1.54, 1.807) is 18.3 Å². The highest BCUT2D eigenvalue weighted by molar-refractivity contribution is 7.17. The van der Waals surface area contributed by atoms with E-state index < -0.39 is 0 Å². The van der Waals surface area contributed by atoms with Crippen molar-refractivity contribution in [2.45, 2.75) is 19.9 Å². The number of nitrogens with one attached hydrogen (secondary N) is 3. The van der Waals surface area contributed by atoms with E-state index in [1.807, 2.05) is 6.20 Å². The molecule has 4 rings (SSSR count). The zero-order valence-corrected chi connectivity index (χ0v) is 13.1. The zero-order valence-electron chi connectivity index (χ0n) is 12.3. The normalized spacial score (nSPS) is 14.0. The van der Waals surface area contributed by atoms with Crippen LogP contribution in [0.25, 0.3) is 22.0 Å². The smallest absolute Gasteiger partial charge is 0.221 e. The molecule has 1 amide bonds. The maximum Gasteiger partial charge on any atom is 0.221 e. The van der Waals surface area contributed by atoms with Crippen LogP contribution >= 0.6 is 11.3 Å². The third-order valence-electron chi connectivity index (χ3n) is 4.06. The second kappa shape index (κ2) is 5.26. The number of carbonyl (C=O) groups excluding carboxylic acids is 1. The Bertz CT molecular complexity index is 862. The molecular weight excluding hydrogens is 294 g/mol. The van der Waals surface area contributed by atoms with E-state index in [0.29, 0.717) is 0 Å². The van der Waals surface area contributed by atoms with Gasteiger partial charge in [-0.25, -0.2) is 0 Å². The van der Waals surface area contributed by atoms with Gasteiger partial charge in [0.05, 0.1) is 0 Å². The van der Waals surface area contributed by atoms with Crippen molar-refractivity contribution in [3.63, 3.8) is 0 Å². The number of fused-ring (bicyclic) bond motifs is 2. The summed E-state index contributed by atoms with van der Waals surface area (Å²) in [6.07, 6.45) is 2.96. The maximum atomic E-state index is 11.6. The third-order valence-corrected chi connectivity index (χ3v) is 5.21. The highest BCUT2D eigenvalue weighted by Crippen LogP contribution is 2.42. The summed E-state index contributed by atoms with van der Waals surface area (Å²) in [5.41, 5.74) is 4.88. The molecule has 22 heavy (non-hydrogen) atoms. The Hall–Kier alpha value is -2.11. The zero-order chi connectivity index (χ0) is 15.1. The van der Waals surface area contributed by atoms with Crippen molar-refractivity contribution in [3.05, 3.63) is 40.9 Å². The molecule has 5 heteroatoms. The molecule has 0 atom stereocenters. The second-order valence-corrected chi connectivity index (χ2v) is 6.70. The lowest BCUT2D eigenvalue weighted by Gasteiger charge is -2.14. The fraction of sp³-hybridized carbons (Fsp3) is 0.235. The van der Waals surface area contributed by atoms with Crippen LogP contribution in [0.4, 0.5) is 5.00 Å². The first kappa shape index (κ1) is 13.5. The molecule has 0 saturated heterocycles. The number of benzene rings is 1. The third kappa shape index (κ3) is 2.23. The summed E-state index contributed by atoms with van der Waals surface area (Å²) < 4.78 is 0. The molecule has 0 fully saturated rings. The summed E-state index contributed by atoms with van der Waals surface area (Å²) in [4.78, 5) is 16.1. The van der Waals surface area contributed by atoms with E-state index in [2.05, 4.69) is 39.9 Å². The molecule has 0 aliphatic carbocycles. The highest BCUT2D eigenvalue weighted by Gasteiger charge is 2.22. The van der Waals surface area contributed by atoms with Gasteiger partial charge in [-0.3, -0.25) is 4.79 Å². The Morgan fingerprint density at radius 1 is 1.32 bits per heavy atom. The van der Waals surface area contributed by atoms with Crippen LogP contribution < -0.4 is 10.6 Å². The van der Waals surface area contributed by atoms with Gasteiger partial charge in [0.25, 0.3) is 0 Å². The molecule has 4 nitrogen and oxygen atoms in total. The Morgan fingerprint density at radius 2 is 2.23 bits per heavy atom. The predicted molar refractivity (Wildman–Crippen MR) is 91.3 cm³/mol. The standard InChI is InChI=1S/C17H17N3OS/c1-10(21)20-17-16(13-5-6-18-9-15(13)22-17)12-2-3-14-11(8-12)4-7-19-14/h2-4,7-8,18-19H,5-6,9H2,1H3,(H,20,21). The van der Waals surface area contributed by atoms with Gasteiger partial charge in [0.15, 0.2) is 0 Å². The van der Waals surface area contributed by atoms with Crippen LogP contribution in [0.15, 0.2) is 30.5 Å². The number of hydrogen-bond donors (Lipinski definition) is 3. The molecule has 3 N–H and O–H groups in total. The lowest BCUT2D eigenvalue weighted by molar-refractivity contribution is -0.114. The van der Waals surface area contributed by atoms with Gasteiger partial charge in [-0.15, -0.1) is 11.3 Å². The molecular formula is C17H17N3OS. The number of aromatic amines is 1. The maximum absolute atomic E-state index is 11.6. The quantitative estimate of drug-likeness (QED) is 0.678. The molecule has 3 aromatic rings. The first-order chi connectivity index (χ1) is 10.7. The fourth-order valence-electron chi connectivity index (χ4n) is 3.10. The summed E-state index contributed by atoms with van der Waals surface area (Å²) >= 11 is 1.69. The van der Waals surface area contributed by atoms with Crippen LogP contribution in [0.5, 0.6) is 0 Å². The molecule has 0 bridgehead atoms. The van der Waals surface area contributed by atoms with Crippen LogP contribution in [-0.4, -0.2) is 17.4 Å². The molecule has 112 valence electrons. The second-order valence-electron chi connectivity index (χ2n) is 5.60. The molecule has 0 saturated carbocycles. The Morgan fingerprint density at radius 3 is 3.09 bits per heavy atom. The van der Waals surface area contributed by atoms with Gasteiger partial charge in [0.2, 0.25) is 5.91 Å². The molecule has 2 aromatic heterocycles. The summed E-state index contributed by atoms with van der Waals surface area (Å²) in [6, 6.07) is 8.51. The summed E-state index contributed by atoms with van der Waals surface area (Å²) in [6.45, 7) is 3.44. The first-order valence-corrected chi connectivity index (χ1v) is 8.24. The minimum atomic E-state index is -0.0180. The summed E-state index contributed by atoms with van der Waals surface area (Å²) in [7, 11) is 0. The average molecular weight is 311 g/mol. The molecule has 3 heterocycles. The lowest BCUT2D eigenvalue weighted by atomic mass is 9.97. The van der Waals surface area contributed by atoms with Crippen molar-refractivity contribution in [1.82, 2.24) is 10.3 Å². The Labute approximate surface area is 132 Å². The number of H-pyrrole nitrogens is 1. The minimum absolute atomic E-state index is 0.0180. The number of rotatable bonds is 2. The first-order valence-electron chi connectivity index (χ1n) is 7.43. The minimum Gasteiger partial charge on any atom is -0.361 e. The number of hydrogen-bond acceptors (Lipinski definition) is 3. The Balaban J connectivity index is 1.90. The summed E-state index contributed by atoms with van der Waals surface area (Å²) in [5.74, 6) is -0.0180. The van der Waals surface area contributed by atoms with Crippen molar-refractivity contribution in [3.8, 4) is 11.1 Å². The van der Waals surface area contributed by atoms with Gasteiger partial charge >= 0.3 is 0 Å². The van der Waals surface area contributed by atoms with E-state index in [-0.39, 0.29) is 5.91 Å². The van der Waals surface area contributed by atoms with Gasteiger partial charge in [-0.05, 0) is 47.7 Å². The molecule has 0 spiro atoms. The average Bonchev–Trinajstić information content (AvgIpc) is 3.09. The van der Waals surface area contributed by atoms with Crippen LogP contribution in [-0.2, 0) is 17.8 Å². The molecule has 0 unspecified atom stereocenters. The predicted octanol–water partition coefficient (Wildman–Crippen LogP) is 3.50. The van der Waals surface area contributed by atoms with Crippen molar-refractivity contribution < 1.29 is 4.79 Å². The topological polar surface area (TPSA) is 56.9 Å². The number of thiophene rings is 1. The number of anilines is 1. The van der Waals surface area contributed by atoms with Gasteiger partial charge in [0.1, 0.15) is 5.00 Å². The van der Waals surface area contributed by atoms with Gasteiger partial charge < -0.3 is 15.6 Å². The van der Waals surface area contributed by atoms with E-state index in [0.717, 1.165) is 30.0 Å². The van der Waals surface area contributed by atoms with E-state index in [9.17, 15) is 4.79 Å². The highest BCUT2D eigenvalue weighted by atomic mass is 32.1. The van der Waals surface area contributed by atoms with Crippen molar-refractivity contribution in [2.75, 3.05) is 11.9 Å². The van der Waals surface area contributed by atoms with Crippen LogP contribution in [0, 0.1) is 0 Å². The van der Waals surface area contributed by atoms with Crippen LogP contribution in [0.3, 0.4) is 0 Å². The van der Waals surface area contributed by atoms with Gasteiger partial charge in [-0.1, -0.05) is 6.07 Å². The van der Waals surface area contributed by atoms with Crippen LogP contribution in [0.2, 0.25) is 0 Å². The van der Waals surface area contributed by atoms with E-state index >= 15 is 0 Å². The van der Waals surface area contributed by atoms with Gasteiger partial charge in [-0.2, -0.15) is 0 Å². The molecule has 1 aromatic carbocycles. The van der Waals surface area contributed by atoms with Gasteiger partial charge in [0, 0.05) is 35.6 Å². The SMILES string of the molecule is CC(=O)Nc1sc2c(c1-c1ccc3[nH]ccc3c1)CCNC2. The monoisotopic (exact) mass is 311 g/mol.